The van der Waals surface area contributed by atoms with Gasteiger partial charge in [-0.2, -0.15) is 0 Å². The van der Waals surface area contributed by atoms with Gasteiger partial charge in [0, 0.05) is 6.04 Å². The fraction of sp³-hybridized carbons (Fsp3) is 0.333. The first-order valence-corrected chi connectivity index (χ1v) is 9.40. The second-order valence-electron chi connectivity index (χ2n) is 7.28. The molecule has 0 saturated carbocycles. The molecule has 1 amide bonds. The zero-order chi connectivity index (χ0) is 20.0. The molecule has 0 aliphatic heterocycles. The number of nitrogens with one attached hydrogen (secondary N) is 1. The van der Waals surface area contributed by atoms with Gasteiger partial charge in [-0.3, -0.25) is 9.59 Å². The summed E-state index contributed by atoms with van der Waals surface area (Å²) in [5.74, 6) is -0.864. The van der Waals surface area contributed by atoms with Crippen LogP contribution in [0.3, 0.4) is 0 Å². The Hall–Kier alpha value is -2.68. The van der Waals surface area contributed by atoms with Crippen LogP contribution in [0.15, 0.2) is 67.3 Å². The Labute approximate surface area is 162 Å². The molecule has 0 spiro atoms. The van der Waals surface area contributed by atoms with E-state index in [1.807, 2.05) is 30.3 Å². The highest BCUT2D eigenvalue weighted by Gasteiger charge is 2.29. The highest BCUT2D eigenvalue weighted by molar-refractivity contribution is 6.05. The number of ketones is 1. The summed E-state index contributed by atoms with van der Waals surface area (Å²) in [4.78, 5) is 25.0. The molecule has 3 heteroatoms. The second-order valence-corrected chi connectivity index (χ2v) is 7.28. The lowest BCUT2D eigenvalue weighted by Gasteiger charge is -2.29. The molecule has 2 aromatic rings. The number of aryl methyl sites for hydroxylation is 1. The maximum atomic E-state index is 12.9. The van der Waals surface area contributed by atoms with Crippen LogP contribution in [0.25, 0.3) is 0 Å². The van der Waals surface area contributed by atoms with Crippen LogP contribution < -0.4 is 5.32 Å². The van der Waals surface area contributed by atoms with Crippen LogP contribution in [0, 0.1) is 12.8 Å². The van der Waals surface area contributed by atoms with Crippen molar-refractivity contribution in [3.8, 4) is 0 Å². The van der Waals surface area contributed by atoms with E-state index in [1.165, 1.54) is 18.1 Å². The van der Waals surface area contributed by atoms with Gasteiger partial charge in [-0.15, -0.1) is 6.58 Å². The maximum absolute atomic E-state index is 12.9. The average Bonchev–Trinajstić information content (AvgIpc) is 2.66. The third-order valence-electron chi connectivity index (χ3n) is 5.32. The summed E-state index contributed by atoms with van der Waals surface area (Å²) in [6.07, 6.45) is 1.76. The van der Waals surface area contributed by atoms with Crippen LogP contribution in [-0.4, -0.2) is 17.7 Å². The van der Waals surface area contributed by atoms with E-state index in [4.69, 9.17) is 0 Å². The molecule has 2 rings (SSSR count). The maximum Gasteiger partial charge on any atom is 0.235 e. The predicted molar refractivity (Wildman–Crippen MR) is 111 cm³/mol. The van der Waals surface area contributed by atoms with Crippen molar-refractivity contribution in [1.82, 2.24) is 5.32 Å². The quantitative estimate of drug-likeness (QED) is 0.542. The van der Waals surface area contributed by atoms with Crippen molar-refractivity contribution in [3.63, 3.8) is 0 Å². The lowest BCUT2D eigenvalue weighted by molar-refractivity contribution is -0.129. The van der Waals surface area contributed by atoms with E-state index >= 15 is 0 Å². The van der Waals surface area contributed by atoms with Gasteiger partial charge in [0.2, 0.25) is 5.91 Å². The SMILES string of the molecule is C=CC(NC(=O)C(C(C)=O)c1ccccc1)[C@H](C)[C@H](C)c1ccc(C)cc1. The number of carbonyl (C=O) groups is 2. The minimum absolute atomic E-state index is 0.137. The van der Waals surface area contributed by atoms with Gasteiger partial charge >= 0.3 is 0 Å². The van der Waals surface area contributed by atoms with E-state index < -0.39 is 5.92 Å². The molecule has 2 unspecified atom stereocenters. The van der Waals surface area contributed by atoms with Crippen molar-refractivity contribution in [2.24, 2.45) is 5.92 Å². The molecule has 0 bridgehead atoms. The van der Waals surface area contributed by atoms with Crippen molar-refractivity contribution in [2.75, 3.05) is 0 Å². The molecule has 0 heterocycles. The standard InChI is InChI=1S/C24H29NO2/c1-6-22(18(4)17(3)20-14-12-16(2)13-15-20)25-24(27)23(19(5)26)21-10-8-7-9-11-21/h6-15,17-18,22-23H,1H2,2-5H3,(H,25,27)/t17-,18+,22?,23?/m0/s1. The van der Waals surface area contributed by atoms with Gasteiger partial charge in [0.1, 0.15) is 11.7 Å². The van der Waals surface area contributed by atoms with Gasteiger partial charge in [-0.1, -0.05) is 80.1 Å². The van der Waals surface area contributed by atoms with Crippen LogP contribution >= 0.6 is 0 Å². The number of amides is 1. The Morgan fingerprint density at radius 3 is 2.07 bits per heavy atom. The van der Waals surface area contributed by atoms with E-state index in [-0.39, 0.29) is 29.6 Å². The normalized spacial score (nSPS) is 15.3. The summed E-state index contributed by atoms with van der Waals surface area (Å²) in [5.41, 5.74) is 3.16. The summed E-state index contributed by atoms with van der Waals surface area (Å²) in [6.45, 7) is 11.7. The van der Waals surface area contributed by atoms with Gasteiger partial charge in [0.15, 0.2) is 0 Å². The number of hydrogen-bond donors (Lipinski definition) is 1. The fourth-order valence-electron chi connectivity index (χ4n) is 3.35. The van der Waals surface area contributed by atoms with Gasteiger partial charge in [0.05, 0.1) is 0 Å². The third-order valence-corrected chi connectivity index (χ3v) is 5.32. The van der Waals surface area contributed by atoms with Gasteiger partial charge in [-0.05, 0) is 36.8 Å². The van der Waals surface area contributed by atoms with Crippen LogP contribution in [-0.2, 0) is 9.59 Å². The van der Waals surface area contributed by atoms with Crippen LogP contribution in [0.5, 0.6) is 0 Å². The molecule has 4 atom stereocenters. The zero-order valence-electron chi connectivity index (χ0n) is 16.6. The topological polar surface area (TPSA) is 46.2 Å². The summed E-state index contributed by atoms with van der Waals surface area (Å²) >= 11 is 0. The van der Waals surface area contributed by atoms with Crippen molar-refractivity contribution < 1.29 is 9.59 Å². The number of hydrogen-bond acceptors (Lipinski definition) is 2. The molecule has 0 aliphatic rings. The van der Waals surface area contributed by atoms with Gasteiger partial charge in [0.25, 0.3) is 0 Å². The summed E-state index contributed by atoms with van der Waals surface area (Å²) in [6, 6.07) is 17.4. The monoisotopic (exact) mass is 363 g/mol. The molecule has 0 aromatic heterocycles. The summed E-state index contributed by atoms with van der Waals surface area (Å²) in [7, 11) is 0. The first-order chi connectivity index (χ1) is 12.8. The van der Waals surface area contributed by atoms with E-state index in [0.29, 0.717) is 5.56 Å². The number of carbonyl (C=O) groups excluding carboxylic acids is 2. The first kappa shape index (κ1) is 20.6. The molecule has 142 valence electrons. The summed E-state index contributed by atoms with van der Waals surface area (Å²) < 4.78 is 0. The minimum atomic E-state index is -0.796. The Bertz CT molecular complexity index is 780. The Kier molecular flexibility index (Phi) is 7.12. The molecule has 0 fully saturated rings. The summed E-state index contributed by atoms with van der Waals surface area (Å²) in [5, 5.41) is 3.03. The van der Waals surface area contributed by atoms with E-state index in [1.54, 1.807) is 6.08 Å². The van der Waals surface area contributed by atoms with Crippen LogP contribution in [0.2, 0.25) is 0 Å². The Morgan fingerprint density at radius 2 is 1.56 bits per heavy atom. The molecule has 0 aliphatic carbocycles. The molecule has 27 heavy (non-hydrogen) atoms. The highest BCUT2D eigenvalue weighted by atomic mass is 16.2. The highest BCUT2D eigenvalue weighted by Crippen LogP contribution is 2.28. The van der Waals surface area contributed by atoms with E-state index in [0.717, 1.165) is 0 Å². The number of Topliss-reactive ketones (excluding diaryl/α,β-unsaturated/α-hetero) is 1. The molecular weight excluding hydrogens is 334 g/mol. The Balaban J connectivity index is 2.16. The smallest absolute Gasteiger partial charge is 0.235 e. The number of rotatable bonds is 8. The average molecular weight is 364 g/mol. The van der Waals surface area contributed by atoms with E-state index in [2.05, 4.69) is 56.9 Å². The van der Waals surface area contributed by atoms with Crippen molar-refractivity contribution in [3.05, 3.63) is 83.9 Å². The van der Waals surface area contributed by atoms with Crippen LogP contribution in [0.1, 0.15) is 49.3 Å². The predicted octanol–water partition coefficient (Wildman–Crippen LogP) is 4.78. The van der Waals surface area contributed by atoms with Gasteiger partial charge in [-0.25, -0.2) is 0 Å². The molecule has 2 aromatic carbocycles. The lowest BCUT2D eigenvalue weighted by atomic mass is 9.83. The molecule has 1 N–H and O–H groups in total. The van der Waals surface area contributed by atoms with Gasteiger partial charge < -0.3 is 5.32 Å². The van der Waals surface area contributed by atoms with E-state index in [9.17, 15) is 9.59 Å². The minimum Gasteiger partial charge on any atom is -0.349 e. The molecule has 0 radical (unpaired) electrons. The zero-order valence-corrected chi connectivity index (χ0v) is 16.6. The molecule has 3 nitrogen and oxygen atoms in total. The number of benzene rings is 2. The van der Waals surface area contributed by atoms with Crippen molar-refractivity contribution >= 4 is 11.7 Å². The second kappa shape index (κ2) is 9.31. The largest absolute Gasteiger partial charge is 0.349 e. The van der Waals surface area contributed by atoms with Crippen molar-refractivity contribution in [1.29, 1.82) is 0 Å². The van der Waals surface area contributed by atoms with Crippen molar-refractivity contribution in [2.45, 2.75) is 45.6 Å². The third kappa shape index (κ3) is 5.16. The molecule has 0 saturated heterocycles. The lowest BCUT2D eigenvalue weighted by Crippen LogP contribution is -2.43. The fourth-order valence-corrected chi connectivity index (χ4v) is 3.35. The molecular formula is C24H29NO2. The first-order valence-electron chi connectivity index (χ1n) is 9.40. The van der Waals surface area contributed by atoms with Crippen LogP contribution in [0.4, 0.5) is 0 Å². The Morgan fingerprint density at radius 1 is 0.963 bits per heavy atom.